The summed E-state index contributed by atoms with van der Waals surface area (Å²) in [6.45, 7) is 1.98. The van der Waals surface area contributed by atoms with Gasteiger partial charge >= 0.3 is 0 Å². The Bertz CT molecular complexity index is 753. The molecule has 5 nitrogen and oxygen atoms in total. The summed E-state index contributed by atoms with van der Waals surface area (Å²) in [5, 5.41) is 2.47. The molecule has 0 radical (unpaired) electrons. The third-order valence-electron chi connectivity index (χ3n) is 3.55. The van der Waals surface area contributed by atoms with Crippen LogP contribution in [0.15, 0.2) is 52.7 Å². The van der Waals surface area contributed by atoms with Crippen LogP contribution in [0.4, 0.5) is 0 Å². The molecule has 0 aliphatic carbocycles. The van der Waals surface area contributed by atoms with E-state index in [0.717, 1.165) is 5.56 Å². The van der Waals surface area contributed by atoms with Gasteiger partial charge in [0.1, 0.15) is 5.69 Å². The number of carbonyl (C=O) groups is 1. The van der Waals surface area contributed by atoms with Crippen LogP contribution in [0.2, 0.25) is 0 Å². The SMILES string of the molecule is CC(c1ccncc1)N(C)C(=O)c1csc(-c2ccco2)n1. The molecule has 3 aromatic heterocycles. The number of carbonyl (C=O) groups excluding carboxylic acids is 1. The second-order valence-corrected chi connectivity index (χ2v) is 5.75. The van der Waals surface area contributed by atoms with E-state index in [4.69, 9.17) is 4.42 Å². The van der Waals surface area contributed by atoms with E-state index >= 15 is 0 Å². The van der Waals surface area contributed by atoms with Crippen molar-refractivity contribution >= 4 is 17.2 Å². The Labute approximate surface area is 132 Å². The minimum absolute atomic E-state index is 0.0516. The van der Waals surface area contributed by atoms with Crippen LogP contribution in [0, 0.1) is 0 Å². The molecule has 3 rings (SSSR count). The zero-order valence-corrected chi connectivity index (χ0v) is 13.1. The molecule has 3 heterocycles. The second-order valence-electron chi connectivity index (χ2n) is 4.89. The van der Waals surface area contributed by atoms with Gasteiger partial charge in [0.2, 0.25) is 0 Å². The highest BCUT2D eigenvalue weighted by molar-refractivity contribution is 7.13. The summed E-state index contributed by atoms with van der Waals surface area (Å²) in [7, 11) is 1.78. The van der Waals surface area contributed by atoms with Crippen LogP contribution in [0.1, 0.15) is 29.0 Å². The summed E-state index contributed by atoms with van der Waals surface area (Å²) in [5.41, 5.74) is 1.46. The van der Waals surface area contributed by atoms with Gasteiger partial charge in [0.15, 0.2) is 10.8 Å². The van der Waals surface area contributed by atoms with Gasteiger partial charge in [0.25, 0.3) is 5.91 Å². The van der Waals surface area contributed by atoms with E-state index in [1.807, 2.05) is 25.1 Å². The minimum atomic E-state index is -0.113. The van der Waals surface area contributed by atoms with Crippen LogP contribution in [0.25, 0.3) is 10.8 Å². The van der Waals surface area contributed by atoms with Crippen molar-refractivity contribution in [1.82, 2.24) is 14.9 Å². The van der Waals surface area contributed by atoms with Crippen molar-refractivity contribution in [3.63, 3.8) is 0 Å². The summed E-state index contributed by atoms with van der Waals surface area (Å²) in [6.07, 6.45) is 5.04. The van der Waals surface area contributed by atoms with Crippen LogP contribution in [0.3, 0.4) is 0 Å². The molecular weight excluding hydrogens is 298 g/mol. The molecule has 0 saturated carbocycles. The molecule has 0 aromatic carbocycles. The number of hydrogen-bond acceptors (Lipinski definition) is 5. The number of pyridine rings is 1. The Balaban J connectivity index is 1.79. The molecule has 0 spiro atoms. The molecule has 0 saturated heterocycles. The van der Waals surface area contributed by atoms with Gasteiger partial charge in [-0.1, -0.05) is 0 Å². The summed E-state index contributed by atoms with van der Waals surface area (Å²) in [6, 6.07) is 7.39. The molecule has 0 aliphatic rings. The van der Waals surface area contributed by atoms with Crippen LogP contribution in [-0.2, 0) is 0 Å². The van der Waals surface area contributed by atoms with Gasteiger partial charge in [-0.2, -0.15) is 0 Å². The largest absolute Gasteiger partial charge is 0.462 e. The van der Waals surface area contributed by atoms with Crippen molar-refractivity contribution in [3.05, 3.63) is 59.6 Å². The maximum Gasteiger partial charge on any atom is 0.273 e. The van der Waals surface area contributed by atoms with Crippen molar-refractivity contribution in [1.29, 1.82) is 0 Å². The summed E-state index contributed by atoms with van der Waals surface area (Å²) in [4.78, 5) is 22.6. The Morgan fingerprint density at radius 1 is 1.32 bits per heavy atom. The lowest BCUT2D eigenvalue weighted by Gasteiger charge is -2.24. The zero-order valence-electron chi connectivity index (χ0n) is 12.3. The molecule has 0 bridgehead atoms. The maximum absolute atomic E-state index is 12.6. The van der Waals surface area contributed by atoms with Gasteiger partial charge in [0, 0.05) is 24.8 Å². The summed E-state index contributed by atoms with van der Waals surface area (Å²) < 4.78 is 5.31. The maximum atomic E-state index is 12.6. The van der Waals surface area contributed by atoms with Crippen LogP contribution < -0.4 is 0 Å². The molecular formula is C16H15N3O2S. The normalized spacial score (nSPS) is 12.1. The standard InChI is InChI=1S/C16H15N3O2S/c1-11(12-5-7-17-8-6-12)19(2)16(20)13-10-22-15(18-13)14-4-3-9-21-14/h3-11H,1-2H3. The lowest BCUT2D eigenvalue weighted by atomic mass is 10.1. The topological polar surface area (TPSA) is 59.2 Å². The van der Waals surface area contributed by atoms with Gasteiger partial charge < -0.3 is 9.32 Å². The third kappa shape index (κ3) is 2.78. The Hall–Kier alpha value is -2.47. The number of rotatable bonds is 4. The lowest BCUT2D eigenvalue weighted by molar-refractivity contribution is 0.0737. The smallest absolute Gasteiger partial charge is 0.273 e. The molecule has 6 heteroatoms. The zero-order chi connectivity index (χ0) is 15.5. The fourth-order valence-electron chi connectivity index (χ4n) is 2.11. The van der Waals surface area contributed by atoms with E-state index in [1.165, 1.54) is 11.3 Å². The Kier molecular flexibility index (Phi) is 4.02. The van der Waals surface area contributed by atoms with Crippen LogP contribution in [0.5, 0.6) is 0 Å². The predicted molar refractivity (Wildman–Crippen MR) is 84.6 cm³/mol. The van der Waals surface area contributed by atoms with E-state index in [9.17, 15) is 4.79 Å². The first-order chi connectivity index (χ1) is 10.7. The fourth-order valence-corrected chi connectivity index (χ4v) is 2.87. The molecule has 112 valence electrons. The number of hydrogen-bond donors (Lipinski definition) is 0. The number of thiazole rings is 1. The van der Waals surface area contributed by atoms with Crippen LogP contribution >= 0.6 is 11.3 Å². The highest BCUT2D eigenvalue weighted by Gasteiger charge is 2.21. The monoisotopic (exact) mass is 313 g/mol. The van der Waals surface area contributed by atoms with E-state index in [-0.39, 0.29) is 11.9 Å². The first-order valence-electron chi connectivity index (χ1n) is 6.83. The predicted octanol–water partition coefficient (Wildman–Crippen LogP) is 3.63. The van der Waals surface area contributed by atoms with Gasteiger partial charge in [0.05, 0.1) is 12.3 Å². The highest BCUT2D eigenvalue weighted by Crippen LogP contribution is 2.26. The molecule has 3 aromatic rings. The average molecular weight is 313 g/mol. The van der Waals surface area contributed by atoms with Crippen molar-refractivity contribution < 1.29 is 9.21 Å². The summed E-state index contributed by atoms with van der Waals surface area (Å²) >= 11 is 1.40. The highest BCUT2D eigenvalue weighted by atomic mass is 32.1. The van der Waals surface area contributed by atoms with Crippen LogP contribution in [-0.4, -0.2) is 27.8 Å². The fraction of sp³-hybridized carbons (Fsp3) is 0.188. The summed E-state index contributed by atoms with van der Waals surface area (Å²) in [5.74, 6) is 0.562. The molecule has 22 heavy (non-hydrogen) atoms. The van der Waals surface area contributed by atoms with E-state index in [1.54, 1.807) is 42.1 Å². The molecule has 0 N–H and O–H groups in total. The van der Waals surface area contributed by atoms with Gasteiger partial charge in [-0.05, 0) is 36.8 Å². The molecule has 0 aliphatic heterocycles. The number of aromatic nitrogens is 2. The van der Waals surface area contributed by atoms with Crippen molar-refractivity contribution in [3.8, 4) is 10.8 Å². The minimum Gasteiger partial charge on any atom is -0.462 e. The molecule has 1 unspecified atom stereocenters. The van der Waals surface area contributed by atoms with Crippen molar-refractivity contribution in [2.75, 3.05) is 7.05 Å². The Morgan fingerprint density at radius 3 is 2.77 bits per heavy atom. The Morgan fingerprint density at radius 2 is 2.09 bits per heavy atom. The lowest BCUT2D eigenvalue weighted by Crippen LogP contribution is -2.29. The van der Waals surface area contributed by atoms with E-state index < -0.39 is 0 Å². The van der Waals surface area contributed by atoms with Gasteiger partial charge in [-0.3, -0.25) is 9.78 Å². The third-order valence-corrected chi connectivity index (χ3v) is 4.40. The molecule has 0 fully saturated rings. The number of furan rings is 1. The first-order valence-corrected chi connectivity index (χ1v) is 7.71. The van der Waals surface area contributed by atoms with Gasteiger partial charge in [-0.15, -0.1) is 11.3 Å². The molecule has 1 amide bonds. The number of nitrogens with zero attached hydrogens (tertiary/aromatic N) is 3. The van der Waals surface area contributed by atoms with Gasteiger partial charge in [-0.25, -0.2) is 4.98 Å². The number of amides is 1. The second kappa shape index (κ2) is 6.11. The van der Waals surface area contributed by atoms with Crippen molar-refractivity contribution in [2.45, 2.75) is 13.0 Å². The average Bonchev–Trinajstić information content (AvgIpc) is 3.24. The molecule has 1 atom stereocenters. The van der Waals surface area contributed by atoms with E-state index in [2.05, 4.69) is 9.97 Å². The quantitative estimate of drug-likeness (QED) is 0.738. The first kappa shape index (κ1) is 14.5. The van der Waals surface area contributed by atoms with E-state index in [0.29, 0.717) is 16.5 Å². The van der Waals surface area contributed by atoms with Crippen molar-refractivity contribution in [2.24, 2.45) is 0 Å².